The van der Waals surface area contributed by atoms with E-state index < -0.39 is 0 Å². The molecule has 1 N–H and O–H groups in total. The summed E-state index contributed by atoms with van der Waals surface area (Å²) in [5.74, 6) is 1.81. The third kappa shape index (κ3) is 1.93. The Bertz CT molecular complexity index is 545. The minimum absolute atomic E-state index is 0.0441. The number of amides is 1. The van der Waals surface area contributed by atoms with Gasteiger partial charge in [-0.2, -0.15) is 0 Å². The molecule has 3 atom stereocenters. The fourth-order valence-electron chi connectivity index (χ4n) is 3.20. The van der Waals surface area contributed by atoms with Gasteiger partial charge in [-0.15, -0.1) is 0 Å². The van der Waals surface area contributed by atoms with E-state index in [1.807, 2.05) is 0 Å². The van der Waals surface area contributed by atoms with Crippen molar-refractivity contribution < 1.29 is 19.0 Å². The number of benzene rings is 1. The summed E-state index contributed by atoms with van der Waals surface area (Å²) in [6.45, 7) is 1.91. The molecule has 3 aliphatic rings. The van der Waals surface area contributed by atoms with Gasteiger partial charge in [-0.25, -0.2) is 0 Å². The van der Waals surface area contributed by atoms with Gasteiger partial charge in [0.1, 0.15) is 13.2 Å². The maximum Gasteiger partial charge on any atom is 0.251 e. The number of ether oxygens (including phenoxy) is 3. The molecule has 1 aliphatic carbocycles. The lowest BCUT2D eigenvalue weighted by atomic mass is 9.76. The summed E-state index contributed by atoms with van der Waals surface area (Å²) in [6, 6.07) is 5.59. The van der Waals surface area contributed by atoms with Crippen molar-refractivity contribution in [1.29, 1.82) is 0 Å². The lowest BCUT2D eigenvalue weighted by molar-refractivity contribution is 0.00809. The van der Waals surface area contributed by atoms with Crippen molar-refractivity contribution in [2.75, 3.05) is 19.8 Å². The number of hydrogen-bond acceptors (Lipinski definition) is 4. The predicted molar refractivity (Wildman–Crippen MR) is 71.2 cm³/mol. The molecule has 5 heteroatoms. The average molecular weight is 275 g/mol. The summed E-state index contributed by atoms with van der Waals surface area (Å²) in [5.41, 5.74) is 0.622. The van der Waals surface area contributed by atoms with Crippen LogP contribution in [0.1, 0.15) is 23.2 Å². The first kappa shape index (κ1) is 12.0. The van der Waals surface area contributed by atoms with Gasteiger partial charge in [0.15, 0.2) is 11.5 Å². The molecule has 5 nitrogen and oxygen atoms in total. The van der Waals surface area contributed by atoms with Gasteiger partial charge in [0.25, 0.3) is 5.91 Å². The van der Waals surface area contributed by atoms with E-state index in [4.69, 9.17) is 14.2 Å². The quantitative estimate of drug-likeness (QED) is 0.885. The topological polar surface area (TPSA) is 56.8 Å². The summed E-state index contributed by atoms with van der Waals surface area (Å²) in [5, 5.41) is 3.10. The van der Waals surface area contributed by atoms with Crippen molar-refractivity contribution in [1.82, 2.24) is 5.32 Å². The molecule has 1 aromatic carbocycles. The van der Waals surface area contributed by atoms with Crippen molar-refractivity contribution in [3.05, 3.63) is 23.8 Å². The normalized spacial score (nSPS) is 30.3. The van der Waals surface area contributed by atoms with Crippen LogP contribution in [0.15, 0.2) is 18.2 Å². The molecule has 2 fully saturated rings. The van der Waals surface area contributed by atoms with Crippen molar-refractivity contribution in [3.63, 3.8) is 0 Å². The van der Waals surface area contributed by atoms with Crippen LogP contribution in [0.4, 0.5) is 0 Å². The molecule has 4 rings (SSSR count). The second-order valence-corrected chi connectivity index (χ2v) is 5.54. The first-order valence-corrected chi connectivity index (χ1v) is 7.13. The van der Waals surface area contributed by atoms with Crippen molar-refractivity contribution in [2.24, 2.45) is 5.92 Å². The molecule has 2 heterocycles. The van der Waals surface area contributed by atoms with Crippen LogP contribution >= 0.6 is 0 Å². The molecule has 0 radical (unpaired) electrons. The highest BCUT2D eigenvalue weighted by atomic mass is 16.6. The van der Waals surface area contributed by atoms with Crippen LogP contribution in [0.3, 0.4) is 0 Å². The molecule has 1 aromatic rings. The molecular formula is C15H17NO4. The van der Waals surface area contributed by atoms with Crippen LogP contribution in [-0.4, -0.2) is 37.9 Å². The summed E-state index contributed by atoms with van der Waals surface area (Å²) in [7, 11) is 0. The Balaban J connectivity index is 1.46. The van der Waals surface area contributed by atoms with Gasteiger partial charge in [-0.05, 0) is 31.0 Å². The molecule has 1 saturated carbocycles. The Labute approximate surface area is 117 Å². The van der Waals surface area contributed by atoms with Crippen molar-refractivity contribution in [2.45, 2.75) is 25.0 Å². The molecule has 106 valence electrons. The zero-order chi connectivity index (χ0) is 13.5. The first-order valence-electron chi connectivity index (χ1n) is 7.13. The lowest BCUT2D eigenvalue weighted by Crippen LogP contribution is -2.53. The van der Waals surface area contributed by atoms with Gasteiger partial charge < -0.3 is 19.5 Å². The highest BCUT2D eigenvalue weighted by Crippen LogP contribution is 2.38. The maximum absolute atomic E-state index is 12.3. The average Bonchev–Trinajstić information content (AvgIpc) is 2.85. The molecule has 2 aliphatic heterocycles. The third-order valence-electron chi connectivity index (χ3n) is 4.38. The van der Waals surface area contributed by atoms with E-state index in [9.17, 15) is 4.79 Å². The number of fused-ring (bicyclic) bond motifs is 2. The highest BCUT2D eigenvalue weighted by molar-refractivity contribution is 5.95. The largest absolute Gasteiger partial charge is 0.486 e. The minimum Gasteiger partial charge on any atom is -0.486 e. The van der Waals surface area contributed by atoms with Crippen LogP contribution in [0.25, 0.3) is 0 Å². The number of carbonyl (C=O) groups is 1. The van der Waals surface area contributed by atoms with Gasteiger partial charge in [0.05, 0.1) is 6.10 Å². The molecular weight excluding hydrogens is 258 g/mol. The fraction of sp³-hybridized carbons (Fsp3) is 0.533. The molecule has 1 amide bonds. The minimum atomic E-state index is -0.0441. The molecule has 1 saturated heterocycles. The smallest absolute Gasteiger partial charge is 0.251 e. The van der Waals surface area contributed by atoms with Crippen LogP contribution in [0.2, 0.25) is 0 Å². The van der Waals surface area contributed by atoms with Crippen LogP contribution in [0, 0.1) is 5.92 Å². The van der Waals surface area contributed by atoms with Crippen molar-refractivity contribution >= 4 is 5.91 Å². The Morgan fingerprint density at radius 2 is 2.00 bits per heavy atom. The Morgan fingerprint density at radius 1 is 1.15 bits per heavy atom. The Kier molecular flexibility index (Phi) is 2.80. The summed E-state index contributed by atoms with van der Waals surface area (Å²) in [6.07, 6.45) is 2.35. The van der Waals surface area contributed by atoms with E-state index in [0.717, 1.165) is 19.4 Å². The molecule has 0 bridgehead atoms. The van der Waals surface area contributed by atoms with Crippen LogP contribution < -0.4 is 14.8 Å². The summed E-state index contributed by atoms with van der Waals surface area (Å²) in [4.78, 5) is 12.3. The van der Waals surface area contributed by atoms with E-state index >= 15 is 0 Å². The fourth-order valence-corrected chi connectivity index (χ4v) is 3.20. The lowest BCUT2D eigenvalue weighted by Gasteiger charge is -2.39. The SMILES string of the molecule is O=C(NC1CC2OCCC12)c1ccc2c(c1)OCCO2. The van der Waals surface area contributed by atoms with Gasteiger partial charge in [-0.3, -0.25) is 4.79 Å². The van der Waals surface area contributed by atoms with Gasteiger partial charge in [-0.1, -0.05) is 0 Å². The zero-order valence-electron chi connectivity index (χ0n) is 11.1. The van der Waals surface area contributed by atoms with Crippen LogP contribution in [0.5, 0.6) is 11.5 Å². The number of rotatable bonds is 2. The number of carbonyl (C=O) groups excluding carboxylic acids is 1. The van der Waals surface area contributed by atoms with E-state index in [2.05, 4.69) is 5.32 Å². The standard InChI is InChI=1S/C15H17NO4/c17-15(16-11-8-13-10(11)3-4-18-13)9-1-2-12-14(7-9)20-6-5-19-12/h1-2,7,10-11,13H,3-6,8H2,(H,16,17). The van der Waals surface area contributed by atoms with Crippen LogP contribution in [-0.2, 0) is 4.74 Å². The van der Waals surface area contributed by atoms with E-state index in [0.29, 0.717) is 42.3 Å². The van der Waals surface area contributed by atoms with Gasteiger partial charge >= 0.3 is 0 Å². The zero-order valence-corrected chi connectivity index (χ0v) is 11.1. The summed E-state index contributed by atoms with van der Waals surface area (Å²) >= 11 is 0. The summed E-state index contributed by atoms with van der Waals surface area (Å²) < 4.78 is 16.5. The molecule has 0 aromatic heterocycles. The molecule has 3 unspecified atom stereocenters. The predicted octanol–water partition coefficient (Wildman–Crippen LogP) is 1.37. The number of nitrogens with one attached hydrogen (secondary N) is 1. The van der Waals surface area contributed by atoms with Gasteiger partial charge in [0.2, 0.25) is 0 Å². The second-order valence-electron chi connectivity index (χ2n) is 5.54. The maximum atomic E-state index is 12.3. The van der Waals surface area contributed by atoms with Gasteiger partial charge in [0, 0.05) is 24.1 Å². The second kappa shape index (κ2) is 4.66. The van der Waals surface area contributed by atoms with E-state index in [-0.39, 0.29) is 11.9 Å². The highest BCUT2D eigenvalue weighted by Gasteiger charge is 2.45. The van der Waals surface area contributed by atoms with E-state index in [1.54, 1.807) is 18.2 Å². The molecule has 20 heavy (non-hydrogen) atoms. The first-order chi connectivity index (χ1) is 9.81. The number of hydrogen-bond donors (Lipinski definition) is 1. The van der Waals surface area contributed by atoms with Crippen molar-refractivity contribution in [3.8, 4) is 11.5 Å². The Hall–Kier alpha value is -1.75. The Morgan fingerprint density at radius 3 is 2.85 bits per heavy atom. The van der Waals surface area contributed by atoms with E-state index in [1.165, 1.54) is 0 Å². The third-order valence-corrected chi connectivity index (χ3v) is 4.38. The molecule has 0 spiro atoms. The monoisotopic (exact) mass is 275 g/mol.